The van der Waals surface area contributed by atoms with Gasteiger partial charge in [-0.25, -0.2) is 4.98 Å². The summed E-state index contributed by atoms with van der Waals surface area (Å²) in [4.78, 5) is 41.4. The maximum atomic E-state index is 13.2. The van der Waals surface area contributed by atoms with Crippen molar-refractivity contribution in [3.8, 4) is 5.75 Å². The lowest BCUT2D eigenvalue weighted by Gasteiger charge is -2.13. The SMILES string of the molecule is CCOc1ccc(NC(=O)CSc2nc3ccccc3c(=O)n2Cc2ccccc2)c([N+](=O)[O-])c1. The molecule has 0 saturated heterocycles. The molecule has 0 spiro atoms. The molecule has 0 aliphatic carbocycles. The minimum atomic E-state index is -0.576. The maximum absolute atomic E-state index is 13.2. The standard InChI is InChI=1S/C25H22N4O5S/c1-2-34-18-12-13-21(22(14-18)29(32)33)26-23(30)16-35-25-27-20-11-7-6-10-19(20)24(31)28(25)15-17-8-4-3-5-9-17/h3-14H,2,15-16H2,1H3,(H,26,30). The topological polar surface area (TPSA) is 116 Å². The third-order valence-corrected chi connectivity index (χ3v) is 6.07. The van der Waals surface area contributed by atoms with Crippen LogP contribution in [0.1, 0.15) is 12.5 Å². The summed E-state index contributed by atoms with van der Waals surface area (Å²) in [5.74, 6) is -0.211. The van der Waals surface area contributed by atoms with E-state index >= 15 is 0 Å². The van der Waals surface area contributed by atoms with Crippen LogP contribution in [0.2, 0.25) is 0 Å². The minimum Gasteiger partial charge on any atom is -0.494 e. The average molecular weight is 491 g/mol. The van der Waals surface area contributed by atoms with Gasteiger partial charge in [0.1, 0.15) is 11.4 Å². The molecular weight excluding hydrogens is 468 g/mol. The molecule has 10 heteroatoms. The van der Waals surface area contributed by atoms with Crippen molar-refractivity contribution in [2.24, 2.45) is 0 Å². The van der Waals surface area contributed by atoms with Gasteiger partial charge in [0, 0.05) is 0 Å². The highest BCUT2D eigenvalue weighted by molar-refractivity contribution is 7.99. The molecule has 4 rings (SSSR count). The minimum absolute atomic E-state index is 0.0669. The van der Waals surface area contributed by atoms with Gasteiger partial charge in [-0.1, -0.05) is 54.2 Å². The second kappa shape index (κ2) is 10.8. The Labute approximate surface area is 204 Å². The molecule has 0 aliphatic heterocycles. The first-order valence-electron chi connectivity index (χ1n) is 10.8. The van der Waals surface area contributed by atoms with E-state index in [4.69, 9.17) is 4.74 Å². The maximum Gasteiger partial charge on any atom is 0.296 e. The molecule has 4 aromatic rings. The Balaban J connectivity index is 1.58. The van der Waals surface area contributed by atoms with E-state index in [0.717, 1.165) is 17.3 Å². The van der Waals surface area contributed by atoms with Crippen LogP contribution >= 0.6 is 11.8 Å². The van der Waals surface area contributed by atoms with Crippen LogP contribution < -0.4 is 15.6 Å². The number of ether oxygens (including phenoxy) is 1. The van der Waals surface area contributed by atoms with Gasteiger partial charge < -0.3 is 10.1 Å². The number of anilines is 1. The van der Waals surface area contributed by atoms with Crippen LogP contribution in [0.3, 0.4) is 0 Å². The molecule has 0 fully saturated rings. The van der Waals surface area contributed by atoms with Gasteiger partial charge in [0.2, 0.25) is 5.91 Å². The highest BCUT2D eigenvalue weighted by Crippen LogP contribution is 2.29. The normalized spacial score (nSPS) is 10.8. The van der Waals surface area contributed by atoms with Gasteiger partial charge >= 0.3 is 0 Å². The molecular formula is C25H22N4O5S. The Bertz CT molecular complexity index is 1440. The van der Waals surface area contributed by atoms with E-state index in [9.17, 15) is 19.7 Å². The van der Waals surface area contributed by atoms with Crippen molar-refractivity contribution < 1.29 is 14.5 Å². The number of amides is 1. The summed E-state index contributed by atoms with van der Waals surface area (Å²) < 4.78 is 6.85. The Morgan fingerprint density at radius 1 is 1.11 bits per heavy atom. The van der Waals surface area contributed by atoms with Crippen molar-refractivity contribution in [2.45, 2.75) is 18.6 Å². The van der Waals surface area contributed by atoms with Gasteiger partial charge in [-0.05, 0) is 36.8 Å². The summed E-state index contributed by atoms with van der Waals surface area (Å²) in [7, 11) is 0. The third-order valence-electron chi connectivity index (χ3n) is 5.09. The zero-order chi connectivity index (χ0) is 24.8. The number of nitrogens with zero attached hydrogens (tertiary/aromatic N) is 3. The Morgan fingerprint density at radius 3 is 2.60 bits per heavy atom. The molecule has 0 saturated carbocycles. The summed E-state index contributed by atoms with van der Waals surface area (Å²) in [6.45, 7) is 2.44. The Hall–Kier alpha value is -4.18. The molecule has 178 valence electrons. The number of aromatic nitrogens is 2. The van der Waals surface area contributed by atoms with Crippen LogP contribution in [0.4, 0.5) is 11.4 Å². The van der Waals surface area contributed by atoms with Crippen molar-refractivity contribution >= 4 is 39.9 Å². The number of benzene rings is 3. The predicted molar refractivity (Wildman–Crippen MR) is 135 cm³/mol. The van der Waals surface area contributed by atoms with Crippen molar-refractivity contribution in [1.82, 2.24) is 9.55 Å². The van der Waals surface area contributed by atoms with E-state index < -0.39 is 10.8 Å². The summed E-state index contributed by atoms with van der Waals surface area (Å²) in [5, 5.41) is 14.9. The van der Waals surface area contributed by atoms with Gasteiger partial charge in [-0.3, -0.25) is 24.3 Å². The van der Waals surface area contributed by atoms with Crippen molar-refractivity contribution in [1.29, 1.82) is 0 Å². The first-order chi connectivity index (χ1) is 17.0. The highest BCUT2D eigenvalue weighted by Gasteiger charge is 2.19. The summed E-state index contributed by atoms with van der Waals surface area (Å²) in [6.07, 6.45) is 0. The third kappa shape index (κ3) is 5.67. The number of carbonyl (C=O) groups is 1. The average Bonchev–Trinajstić information content (AvgIpc) is 2.86. The van der Waals surface area contributed by atoms with Crippen LogP contribution in [0, 0.1) is 10.1 Å². The van der Waals surface area contributed by atoms with E-state index in [-0.39, 0.29) is 22.7 Å². The number of nitro benzene ring substituents is 1. The molecule has 1 amide bonds. The molecule has 0 atom stereocenters. The van der Waals surface area contributed by atoms with Gasteiger partial charge in [0.05, 0.1) is 40.8 Å². The number of fused-ring (bicyclic) bond motifs is 1. The Morgan fingerprint density at radius 2 is 1.86 bits per heavy atom. The number of carbonyl (C=O) groups excluding carboxylic acids is 1. The molecule has 9 nitrogen and oxygen atoms in total. The first-order valence-corrected chi connectivity index (χ1v) is 11.8. The summed E-state index contributed by atoms with van der Waals surface area (Å²) >= 11 is 1.09. The fraction of sp³-hybridized carbons (Fsp3) is 0.160. The van der Waals surface area contributed by atoms with Crippen LogP contribution in [0.5, 0.6) is 5.75 Å². The molecule has 0 aliphatic rings. The lowest BCUT2D eigenvalue weighted by molar-refractivity contribution is -0.384. The van der Waals surface area contributed by atoms with E-state index in [2.05, 4.69) is 10.3 Å². The predicted octanol–water partition coefficient (Wildman–Crippen LogP) is 4.48. The number of nitro groups is 1. The molecule has 1 heterocycles. The van der Waals surface area contributed by atoms with Crippen LogP contribution in [0.15, 0.2) is 82.7 Å². The number of hydrogen-bond acceptors (Lipinski definition) is 7. The quantitative estimate of drug-likeness (QED) is 0.159. The molecule has 1 N–H and O–H groups in total. The van der Waals surface area contributed by atoms with Crippen LogP contribution in [-0.4, -0.2) is 32.7 Å². The van der Waals surface area contributed by atoms with Gasteiger partial charge in [0.15, 0.2) is 5.16 Å². The van der Waals surface area contributed by atoms with E-state index in [1.165, 1.54) is 16.7 Å². The van der Waals surface area contributed by atoms with E-state index in [0.29, 0.717) is 35.0 Å². The number of thioether (sulfide) groups is 1. The smallest absolute Gasteiger partial charge is 0.296 e. The van der Waals surface area contributed by atoms with Crippen molar-refractivity contribution in [3.05, 3.63) is 98.8 Å². The Kier molecular flexibility index (Phi) is 7.41. The second-order valence-electron chi connectivity index (χ2n) is 7.49. The molecule has 3 aromatic carbocycles. The van der Waals surface area contributed by atoms with Crippen molar-refractivity contribution in [3.63, 3.8) is 0 Å². The number of nitrogens with one attached hydrogen (secondary N) is 1. The fourth-order valence-corrected chi connectivity index (χ4v) is 4.30. The largest absolute Gasteiger partial charge is 0.494 e. The molecule has 0 unspecified atom stereocenters. The highest BCUT2D eigenvalue weighted by atomic mass is 32.2. The zero-order valence-electron chi connectivity index (χ0n) is 18.8. The second-order valence-corrected chi connectivity index (χ2v) is 8.44. The number of rotatable bonds is 9. The fourth-order valence-electron chi connectivity index (χ4n) is 3.50. The number of para-hydroxylation sites is 1. The molecule has 0 radical (unpaired) electrons. The van der Waals surface area contributed by atoms with Gasteiger partial charge in [-0.15, -0.1) is 0 Å². The first kappa shape index (κ1) is 24.0. The van der Waals surface area contributed by atoms with E-state index in [1.807, 2.05) is 30.3 Å². The van der Waals surface area contributed by atoms with Gasteiger partial charge in [-0.2, -0.15) is 0 Å². The van der Waals surface area contributed by atoms with Crippen LogP contribution in [-0.2, 0) is 11.3 Å². The summed E-state index contributed by atoms with van der Waals surface area (Å²) in [6, 6.07) is 20.8. The van der Waals surface area contributed by atoms with Gasteiger partial charge in [0.25, 0.3) is 11.2 Å². The van der Waals surface area contributed by atoms with E-state index in [1.54, 1.807) is 37.3 Å². The van der Waals surface area contributed by atoms with Crippen LogP contribution in [0.25, 0.3) is 10.9 Å². The lowest BCUT2D eigenvalue weighted by Crippen LogP contribution is -2.25. The number of hydrogen-bond donors (Lipinski definition) is 1. The summed E-state index contributed by atoms with van der Waals surface area (Å²) in [5.41, 5.74) is 1.05. The molecule has 35 heavy (non-hydrogen) atoms. The zero-order valence-corrected chi connectivity index (χ0v) is 19.7. The molecule has 0 bridgehead atoms. The molecule has 1 aromatic heterocycles. The monoisotopic (exact) mass is 490 g/mol. The lowest BCUT2D eigenvalue weighted by atomic mass is 10.2. The van der Waals surface area contributed by atoms with Crippen molar-refractivity contribution in [2.75, 3.05) is 17.7 Å².